The second-order valence-electron chi connectivity index (χ2n) is 5.06. The van der Waals surface area contributed by atoms with E-state index in [1.165, 1.54) is 24.9 Å². The van der Waals surface area contributed by atoms with Crippen molar-refractivity contribution >= 4 is 23.4 Å². The largest absolute Gasteiger partial charge is 0.378 e. The summed E-state index contributed by atoms with van der Waals surface area (Å²) in [6.07, 6.45) is 0. The number of hydrogen-bond acceptors (Lipinski definition) is 5. The van der Waals surface area contributed by atoms with Crippen LogP contribution in [0.25, 0.3) is 0 Å². The summed E-state index contributed by atoms with van der Waals surface area (Å²) in [6.45, 7) is 4.22. The molecular formula is C16H19N3O3S. The van der Waals surface area contributed by atoms with Crippen LogP contribution < -0.4 is 10.9 Å². The number of carbonyl (C=O) groups is 1. The molecule has 0 spiro atoms. The summed E-state index contributed by atoms with van der Waals surface area (Å²) in [6, 6.07) is 7.14. The summed E-state index contributed by atoms with van der Waals surface area (Å²) in [4.78, 5) is 30.5. The van der Waals surface area contributed by atoms with Crippen molar-refractivity contribution in [1.82, 2.24) is 9.97 Å². The van der Waals surface area contributed by atoms with Gasteiger partial charge in [-0.15, -0.1) is 0 Å². The fourth-order valence-electron chi connectivity index (χ4n) is 1.98. The molecule has 2 aromatic rings. The van der Waals surface area contributed by atoms with Gasteiger partial charge in [-0.05, 0) is 31.0 Å². The number of aryl methyl sites for hydroxylation is 1. The number of thioether (sulfide) groups is 1. The van der Waals surface area contributed by atoms with Gasteiger partial charge in [0.15, 0.2) is 5.16 Å². The van der Waals surface area contributed by atoms with Gasteiger partial charge in [0, 0.05) is 18.9 Å². The van der Waals surface area contributed by atoms with Gasteiger partial charge in [0.25, 0.3) is 5.56 Å². The first-order chi connectivity index (χ1) is 11.0. The Labute approximate surface area is 138 Å². The monoisotopic (exact) mass is 333 g/mol. The van der Waals surface area contributed by atoms with E-state index in [0.717, 1.165) is 16.8 Å². The van der Waals surface area contributed by atoms with Gasteiger partial charge in [-0.3, -0.25) is 9.59 Å². The van der Waals surface area contributed by atoms with E-state index in [0.29, 0.717) is 10.9 Å². The maximum Gasteiger partial charge on any atom is 0.251 e. The Balaban J connectivity index is 1.99. The second kappa shape index (κ2) is 7.94. The van der Waals surface area contributed by atoms with Crippen LogP contribution in [0.2, 0.25) is 0 Å². The number of carbonyl (C=O) groups excluding carboxylic acids is 1. The quantitative estimate of drug-likeness (QED) is 0.626. The molecule has 1 aromatic heterocycles. The van der Waals surface area contributed by atoms with Crippen molar-refractivity contribution in [2.75, 3.05) is 18.2 Å². The number of hydrogen-bond donors (Lipinski definition) is 2. The second-order valence-corrected chi connectivity index (χ2v) is 6.02. The number of H-pyrrole nitrogens is 1. The van der Waals surface area contributed by atoms with Gasteiger partial charge in [0.1, 0.15) is 0 Å². The van der Waals surface area contributed by atoms with Crippen LogP contribution in [-0.4, -0.2) is 28.7 Å². The maximum absolute atomic E-state index is 12.1. The van der Waals surface area contributed by atoms with E-state index >= 15 is 0 Å². The molecule has 1 heterocycles. The third-order valence-electron chi connectivity index (χ3n) is 3.28. The molecule has 6 nitrogen and oxygen atoms in total. The van der Waals surface area contributed by atoms with Gasteiger partial charge >= 0.3 is 0 Å². The average molecular weight is 333 g/mol. The third-order valence-corrected chi connectivity index (χ3v) is 4.16. The zero-order chi connectivity index (χ0) is 16.8. The number of nitrogens with one attached hydrogen (secondary N) is 2. The molecule has 0 bridgehead atoms. The predicted octanol–water partition coefficient (Wildman–Crippen LogP) is 2.26. The van der Waals surface area contributed by atoms with E-state index in [-0.39, 0.29) is 23.8 Å². The lowest BCUT2D eigenvalue weighted by Crippen LogP contribution is -2.16. The summed E-state index contributed by atoms with van der Waals surface area (Å²) in [5.74, 6) is 0.00994. The standard InChI is InChI=1S/C16H19N3O3S/c1-10-5-4-6-13(11(10)2)18-15(21)9-23-16-17-12(8-22-3)7-14(20)19-16/h4-7H,8-9H2,1-3H3,(H,18,21)(H,17,19,20). The molecule has 122 valence electrons. The summed E-state index contributed by atoms with van der Waals surface area (Å²) >= 11 is 1.18. The van der Waals surface area contributed by atoms with Crippen LogP contribution in [-0.2, 0) is 16.1 Å². The Morgan fingerprint density at radius 1 is 1.39 bits per heavy atom. The van der Waals surface area contributed by atoms with Gasteiger partial charge in [0.2, 0.25) is 5.91 Å². The highest BCUT2D eigenvalue weighted by atomic mass is 32.2. The number of amides is 1. The average Bonchev–Trinajstić information content (AvgIpc) is 2.50. The van der Waals surface area contributed by atoms with Crippen molar-refractivity contribution in [3.8, 4) is 0 Å². The lowest BCUT2D eigenvalue weighted by Gasteiger charge is -2.10. The lowest BCUT2D eigenvalue weighted by molar-refractivity contribution is -0.113. The highest BCUT2D eigenvalue weighted by molar-refractivity contribution is 7.99. The van der Waals surface area contributed by atoms with E-state index in [9.17, 15) is 9.59 Å². The number of ether oxygens (including phenoxy) is 1. The van der Waals surface area contributed by atoms with Gasteiger partial charge in [0.05, 0.1) is 18.1 Å². The molecule has 0 aliphatic carbocycles. The number of benzene rings is 1. The molecule has 0 fully saturated rings. The molecule has 2 rings (SSSR count). The number of nitrogens with zero attached hydrogens (tertiary/aromatic N) is 1. The minimum atomic E-state index is -0.260. The molecule has 7 heteroatoms. The molecule has 23 heavy (non-hydrogen) atoms. The van der Waals surface area contributed by atoms with Crippen LogP contribution in [0.3, 0.4) is 0 Å². The summed E-state index contributed by atoms with van der Waals surface area (Å²) in [7, 11) is 1.54. The van der Waals surface area contributed by atoms with Gasteiger partial charge in [-0.25, -0.2) is 4.98 Å². The molecule has 0 unspecified atom stereocenters. The van der Waals surface area contributed by atoms with Crippen molar-refractivity contribution < 1.29 is 9.53 Å². The fourth-order valence-corrected chi connectivity index (χ4v) is 2.67. The minimum absolute atomic E-state index is 0.150. The topological polar surface area (TPSA) is 84.1 Å². The Morgan fingerprint density at radius 3 is 2.91 bits per heavy atom. The van der Waals surface area contributed by atoms with Crippen molar-refractivity contribution in [1.29, 1.82) is 0 Å². The van der Waals surface area contributed by atoms with E-state index in [4.69, 9.17) is 4.74 Å². The van der Waals surface area contributed by atoms with Crippen LogP contribution >= 0.6 is 11.8 Å². The Morgan fingerprint density at radius 2 is 2.17 bits per heavy atom. The van der Waals surface area contributed by atoms with Gasteiger partial charge in [-0.1, -0.05) is 23.9 Å². The van der Waals surface area contributed by atoms with E-state index in [1.807, 2.05) is 32.0 Å². The fraction of sp³-hybridized carbons (Fsp3) is 0.312. The predicted molar refractivity (Wildman–Crippen MR) is 90.8 cm³/mol. The highest BCUT2D eigenvalue weighted by Gasteiger charge is 2.09. The van der Waals surface area contributed by atoms with Crippen molar-refractivity contribution in [3.63, 3.8) is 0 Å². The number of anilines is 1. The Kier molecular flexibility index (Phi) is 5.95. The van der Waals surface area contributed by atoms with Crippen LogP contribution in [0.15, 0.2) is 34.2 Å². The molecule has 0 aliphatic rings. The van der Waals surface area contributed by atoms with Crippen LogP contribution in [0.4, 0.5) is 5.69 Å². The van der Waals surface area contributed by atoms with Gasteiger partial charge in [-0.2, -0.15) is 0 Å². The molecule has 2 N–H and O–H groups in total. The van der Waals surface area contributed by atoms with E-state index in [2.05, 4.69) is 15.3 Å². The SMILES string of the molecule is COCc1cc(=O)[nH]c(SCC(=O)Nc2cccc(C)c2C)n1. The normalized spacial score (nSPS) is 10.6. The Bertz CT molecular complexity index is 758. The van der Waals surface area contributed by atoms with Crippen molar-refractivity contribution in [2.24, 2.45) is 0 Å². The molecule has 0 radical (unpaired) electrons. The summed E-state index contributed by atoms with van der Waals surface area (Å²) in [5, 5.41) is 3.27. The van der Waals surface area contributed by atoms with Crippen LogP contribution in [0.5, 0.6) is 0 Å². The number of aromatic nitrogens is 2. The first-order valence-corrected chi connectivity index (χ1v) is 8.06. The molecule has 1 aromatic carbocycles. The van der Waals surface area contributed by atoms with Crippen molar-refractivity contribution in [2.45, 2.75) is 25.6 Å². The van der Waals surface area contributed by atoms with Gasteiger partial charge < -0.3 is 15.0 Å². The number of rotatable bonds is 6. The zero-order valence-electron chi connectivity index (χ0n) is 13.3. The zero-order valence-corrected chi connectivity index (χ0v) is 14.1. The first kappa shape index (κ1) is 17.2. The van der Waals surface area contributed by atoms with Crippen LogP contribution in [0.1, 0.15) is 16.8 Å². The molecular weight excluding hydrogens is 314 g/mol. The molecule has 1 amide bonds. The lowest BCUT2D eigenvalue weighted by atomic mass is 10.1. The Hall–Kier alpha value is -2.12. The summed E-state index contributed by atoms with van der Waals surface area (Å²) < 4.78 is 4.96. The highest BCUT2D eigenvalue weighted by Crippen LogP contribution is 2.19. The van der Waals surface area contributed by atoms with Crippen molar-refractivity contribution in [3.05, 3.63) is 51.4 Å². The molecule has 0 atom stereocenters. The summed E-state index contributed by atoms with van der Waals surface area (Å²) in [5.41, 5.74) is 3.23. The minimum Gasteiger partial charge on any atom is -0.378 e. The molecule has 0 saturated carbocycles. The molecule has 0 aliphatic heterocycles. The third kappa shape index (κ3) is 4.94. The van der Waals surface area contributed by atoms with E-state index in [1.54, 1.807) is 0 Å². The maximum atomic E-state index is 12.1. The smallest absolute Gasteiger partial charge is 0.251 e. The number of aromatic amines is 1. The first-order valence-electron chi connectivity index (χ1n) is 7.07. The van der Waals surface area contributed by atoms with E-state index < -0.39 is 0 Å². The van der Waals surface area contributed by atoms with Crippen LogP contribution in [0, 0.1) is 13.8 Å². The molecule has 0 saturated heterocycles. The number of methoxy groups -OCH3 is 1.